The fraction of sp³-hybridized carbons (Fsp3) is 0.280. The molecule has 2 atom stereocenters. The van der Waals surface area contributed by atoms with Crippen molar-refractivity contribution in [2.45, 2.75) is 32.7 Å². The van der Waals surface area contributed by atoms with Crippen molar-refractivity contribution in [2.24, 2.45) is 5.92 Å². The maximum absolute atomic E-state index is 13.2. The number of hydrogen-bond donors (Lipinski definition) is 1. The fourth-order valence-electron chi connectivity index (χ4n) is 4.73. The van der Waals surface area contributed by atoms with Gasteiger partial charge in [0.1, 0.15) is 17.6 Å². The third-order valence-corrected chi connectivity index (χ3v) is 6.08. The van der Waals surface area contributed by atoms with Crippen LogP contribution in [-0.4, -0.2) is 22.7 Å². The molecule has 5 nitrogen and oxygen atoms in total. The van der Waals surface area contributed by atoms with Crippen LogP contribution in [0.4, 0.5) is 5.82 Å². The number of nitrogens with zero attached hydrogens (tertiary/aromatic N) is 2. The summed E-state index contributed by atoms with van der Waals surface area (Å²) in [7, 11) is 1.66. The lowest BCUT2D eigenvalue weighted by atomic mass is 9.81. The van der Waals surface area contributed by atoms with E-state index < -0.39 is 0 Å². The van der Waals surface area contributed by atoms with Gasteiger partial charge in [0.2, 0.25) is 0 Å². The number of nitrogens with one attached hydrogen (secondary N) is 1. The van der Waals surface area contributed by atoms with E-state index in [9.17, 15) is 4.79 Å². The third kappa shape index (κ3) is 2.93. The van der Waals surface area contributed by atoms with E-state index in [1.165, 1.54) is 0 Å². The molecular formula is C25H25N3O2. The van der Waals surface area contributed by atoms with E-state index in [1.54, 1.807) is 7.11 Å². The highest BCUT2D eigenvalue weighted by molar-refractivity contribution is 6.00. The molecule has 0 saturated heterocycles. The van der Waals surface area contributed by atoms with Gasteiger partial charge in [0.25, 0.3) is 0 Å². The average Bonchev–Trinajstić information content (AvgIpc) is 3.08. The number of Topliss-reactive ketones (excluding diaryl/α,β-unsaturated/α-hetero) is 1. The monoisotopic (exact) mass is 399 g/mol. The molecule has 3 aromatic rings. The molecule has 1 aliphatic heterocycles. The molecule has 5 rings (SSSR count). The van der Waals surface area contributed by atoms with E-state index in [2.05, 4.69) is 24.4 Å². The van der Waals surface area contributed by atoms with Gasteiger partial charge in [0.05, 0.1) is 12.8 Å². The van der Waals surface area contributed by atoms with Crippen LogP contribution in [0.15, 0.2) is 65.9 Å². The van der Waals surface area contributed by atoms with Crippen LogP contribution in [-0.2, 0) is 4.79 Å². The van der Waals surface area contributed by atoms with Crippen molar-refractivity contribution in [3.63, 3.8) is 0 Å². The summed E-state index contributed by atoms with van der Waals surface area (Å²) in [5.41, 5.74) is 6.07. The number of hydrogen-bond acceptors (Lipinski definition) is 4. The largest absolute Gasteiger partial charge is 0.497 e. The van der Waals surface area contributed by atoms with E-state index in [0.717, 1.165) is 51.6 Å². The number of rotatable bonds is 3. The van der Waals surface area contributed by atoms with Gasteiger partial charge in [-0.2, -0.15) is 5.10 Å². The Labute approximate surface area is 176 Å². The van der Waals surface area contributed by atoms with Gasteiger partial charge >= 0.3 is 0 Å². The summed E-state index contributed by atoms with van der Waals surface area (Å²) in [4.78, 5) is 13.2. The van der Waals surface area contributed by atoms with Crippen molar-refractivity contribution in [1.82, 2.24) is 9.78 Å². The minimum absolute atomic E-state index is 0.206. The zero-order chi connectivity index (χ0) is 20.8. The first-order valence-corrected chi connectivity index (χ1v) is 10.4. The Hall–Kier alpha value is -3.34. The normalized spacial score (nSPS) is 20.4. The lowest BCUT2D eigenvalue weighted by Crippen LogP contribution is -2.33. The Morgan fingerprint density at radius 3 is 2.50 bits per heavy atom. The molecule has 0 amide bonds. The summed E-state index contributed by atoms with van der Waals surface area (Å²) >= 11 is 0. The summed E-state index contributed by atoms with van der Waals surface area (Å²) in [6.45, 7) is 4.17. The highest BCUT2D eigenvalue weighted by atomic mass is 16.5. The summed E-state index contributed by atoms with van der Waals surface area (Å²) < 4.78 is 7.33. The minimum atomic E-state index is -0.238. The molecule has 0 saturated carbocycles. The molecule has 1 N–H and O–H groups in total. The molecular weight excluding hydrogens is 374 g/mol. The van der Waals surface area contributed by atoms with Gasteiger partial charge in [0.15, 0.2) is 5.78 Å². The Bertz CT molecular complexity index is 1140. The number of ketones is 1. The molecule has 5 heteroatoms. The number of fused-ring (bicyclic) bond motifs is 1. The van der Waals surface area contributed by atoms with Gasteiger partial charge in [-0.3, -0.25) is 4.79 Å². The van der Waals surface area contributed by atoms with Crippen molar-refractivity contribution in [3.05, 3.63) is 77.1 Å². The van der Waals surface area contributed by atoms with Crippen LogP contribution < -0.4 is 10.1 Å². The molecule has 2 heterocycles. The molecule has 2 aliphatic rings. The van der Waals surface area contributed by atoms with Crippen LogP contribution in [0.3, 0.4) is 0 Å². The second kappa shape index (κ2) is 7.17. The predicted molar refractivity (Wildman–Crippen MR) is 118 cm³/mol. The van der Waals surface area contributed by atoms with Gasteiger partial charge in [-0.05, 0) is 42.5 Å². The third-order valence-electron chi connectivity index (χ3n) is 6.08. The van der Waals surface area contributed by atoms with Gasteiger partial charge in [-0.1, -0.05) is 49.4 Å². The standard InChI is InChI=1S/C25H25N3O2/c1-15-13-20-23(21(29)14-15)24(18-9-11-19(30-3)12-10-18)28-25(26-20)22(16(2)27-28)17-7-5-4-6-8-17/h4-12,15,24,26H,13-14H2,1-3H3/t15-,24+/m1/s1. The van der Waals surface area contributed by atoms with Crippen molar-refractivity contribution < 1.29 is 9.53 Å². The van der Waals surface area contributed by atoms with Gasteiger partial charge in [-0.15, -0.1) is 0 Å². The topological polar surface area (TPSA) is 56.1 Å². The van der Waals surface area contributed by atoms with E-state index >= 15 is 0 Å². The van der Waals surface area contributed by atoms with Crippen molar-refractivity contribution >= 4 is 11.6 Å². The van der Waals surface area contributed by atoms with Crippen LogP contribution in [0.2, 0.25) is 0 Å². The maximum atomic E-state index is 13.2. The molecule has 0 fully saturated rings. The number of aromatic nitrogens is 2. The summed E-state index contributed by atoms with van der Waals surface area (Å²) in [5.74, 6) is 2.29. The van der Waals surface area contributed by atoms with E-state index in [-0.39, 0.29) is 11.8 Å². The van der Waals surface area contributed by atoms with Crippen LogP contribution in [0, 0.1) is 12.8 Å². The van der Waals surface area contributed by atoms with Crippen molar-refractivity contribution in [1.29, 1.82) is 0 Å². The number of aryl methyl sites for hydroxylation is 1. The Balaban J connectivity index is 1.72. The Morgan fingerprint density at radius 2 is 1.80 bits per heavy atom. The Kier molecular flexibility index (Phi) is 4.46. The number of methoxy groups -OCH3 is 1. The second-order valence-electron chi connectivity index (χ2n) is 8.25. The fourth-order valence-corrected chi connectivity index (χ4v) is 4.73. The smallest absolute Gasteiger partial charge is 0.163 e. The molecule has 152 valence electrons. The molecule has 2 aromatic carbocycles. The lowest BCUT2D eigenvalue weighted by molar-refractivity contribution is -0.117. The highest BCUT2D eigenvalue weighted by Gasteiger charge is 2.39. The minimum Gasteiger partial charge on any atom is -0.497 e. The number of ether oxygens (including phenoxy) is 1. The predicted octanol–water partition coefficient (Wildman–Crippen LogP) is 5.14. The van der Waals surface area contributed by atoms with Gasteiger partial charge in [-0.25, -0.2) is 4.68 Å². The van der Waals surface area contributed by atoms with Crippen molar-refractivity contribution in [3.8, 4) is 16.9 Å². The molecule has 30 heavy (non-hydrogen) atoms. The second-order valence-corrected chi connectivity index (χ2v) is 8.25. The first kappa shape index (κ1) is 18.7. The average molecular weight is 399 g/mol. The van der Waals surface area contributed by atoms with Crippen LogP contribution >= 0.6 is 0 Å². The summed E-state index contributed by atoms with van der Waals surface area (Å²) in [5, 5.41) is 8.51. The molecule has 0 unspecified atom stereocenters. The van der Waals surface area contributed by atoms with E-state index in [0.29, 0.717) is 12.3 Å². The molecule has 0 radical (unpaired) electrons. The number of anilines is 1. The number of allylic oxidation sites excluding steroid dienone is 2. The van der Waals surface area contributed by atoms with Crippen molar-refractivity contribution in [2.75, 3.05) is 12.4 Å². The molecule has 0 spiro atoms. The van der Waals surface area contributed by atoms with Gasteiger partial charge < -0.3 is 10.1 Å². The molecule has 0 bridgehead atoms. The molecule has 1 aromatic heterocycles. The maximum Gasteiger partial charge on any atom is 0.163 e. The van der Waals surface area contributed by atoms with Crippen LogP contribution in [0.1, 0.15) is 37.1 Å². The van der Waals surface area contributed by atoms with Gasteiger partial charge in [0, 0.05) is 23.3 Å². The zero-order valence-corrected chi connectivity index (χ0v) is 17.5. The SMILES string of the molecule is COc1ccc([C@H]2C3=C(C[C@@H](C)CC3=O)Nc3c(-c4ccccc4)c(C)nn32)cc1. The summed E-state index contributed by atoms with van der Waals surface area (Å²) in [6, 6.07) is 18.0. The first-order valence-electron chi connectivity index (χ1n) is 10.4. The molecule has 1 aliphatic carbocycles. The number of benzene rings is 2. The zero-order valence-electron chi connectivity index (χ0n) is 17.5. The van der Waals surface area contributed by atoms with E-state index in [4.69, 9.17) is 9.84 Å². The van der Waals surface area contributed by atoms with Crippen LogP contribution in [0.5, 0.6) is 5.75 Å². The number of carbonyl (C=O) groups excluding carboxylic acids is 1. The Morgan fingerprint density at radius 1 is 1.07 bits per heavy atom. The highest BCUT2D eigenvalue weighted by Crippen LogP contribution is 2.45. The number of carbonyl (C=O) groups is 1. The van der Waals surface area contributed by atoms with Crippen LogP contribution in [0.25, 0.3) is 11.1 Å². The quantitative estimate of drug-likeness (QED) is 0.663. The first-order chi connectivity index (χ1) is 14.6. The lowest BCUT2D eigenvalue weighted by Gasteiger charge is -2.35. The van der Waals surface area contributed by atoms with E-state index in [1.807, 2.05) is 54.1 Å². The summed E-state index contributed by atoms with van der Waals surface area (Å²) in [6.07, 6.45) is 1.44.